The molecular weight excluding hydrogens is 595 g/mol. The standard InChI is InChI=1S/C47H31NO/c1-3-17-35(18-4-1)47(36-19-5-2-6-20-36)40-23-11-14-26-45(40)49-46-28-27-34(30-41(46)47)37-21-9-12-24-42(37)48-43-25-13-10-22-38(43)39-29-32-15-7-8-16-33(32)31-44(39)48/h1-31H. The third kappa shape index (κ3) is 4.07. The second-order valence-electron chi connectivity index (χ2n) is 12.9. The van der Waals surface area contributed by atoms with Crippen LogP contribution in [0.5, 0.6) is 11.5 Å². The number of hydrogen-bond acceptors (Lipinski definition) is 1. The van der Waals surface area contributed by atoms with Gasteiger partial charge < -0.3 is 9.30 Å². The molecule has 0 atom stereocenters. The number of nitrogens with zero attached hydrogens (tertiary/aromatic N) is 1. The first kappa shape index (κ1) is 27.7. The summed E-state index contributed by atoms with van der Waals surface area (Å²) in [6.07, 6.45) is 0. The third-order valence-corrected chi connectivity index (χ3v) is 10.3. The highest BCUT2D eigenvalue weighted by atomic mass is 16.5. The summed E-state index contributed by atoms with van der Waals surface area (Å²) in [4.78, 5) is 0. The molecule has 0 spiro atoms. The number of aromatic nitrogens is 1. The van der Waals surface area contributed by atoms with Gasteiger partial charge in [-0.2, -0.15) is 0 Å². The zero-order valence-electron chi connectivity index (χ0n) is 26.8. The van der Waals surface area contributed by atoms with Crippen molar-refractivity contribution in [3.8, 4) is 28.3 Å². The van der Waals surface area contributed by atoms with E-state index in [2.05, 4.69) is 193 Å². The van der Waals surface area contributed by atoms with Crippen molar-refractivity contribution in [2.45, 2.75) is 5.41 Å². The summed E-state index contributed by atoms with van der Waals surface area (Å²) in [5.74, 6) is 1.75. The molecule has 2 heteroatoms. The Morgan fingerprint density at radius 2 is 1.02 bits per heavy atom. The van der Waals surface area contributed by atoms with Gasteiger partial charge in [0, 0.05) is 27.5 Å². The molecule has 0 radical (unpaired) electrons. The van der Waals surface area contributed by atoms with Gasteiger partial charge >= 0.3 is 0 Å². The van der Waals surface area contributed by atoms with Crippen LogP contribution in [0.3, 0.4) is 0 Å². The number of para-hydroxylation sites is 3. The van der Waals surface area contributed by atoms with Crippen molar-refractivity contribution in [1.82, 2.24) is 4.57 Å². The molecule has 1 aromatic heterocycles. The lowest BCUT2D eigenvalue weighted by molar-refractivity contribution is 0.434. The third-order valence-electron chi connectivity index (χ3n) is 10.3. The largest absolute Gasteiger partial charge is 0.457 e. The number of ether oxygens (including phenoxy) is 1. The molecule has 0 N–H and O–H groups in total. The van der Waals surface area contributed by atoms with E-state index in [0.29, 0.717) is 0 Å². The molecule has 0 unspecified atom stereocenters. The van der Waals surface area contributed by atoms with Crippen LogP contribution in [-0.4, -0.2) is 4.57 Å². The molecule has 0 aliphatic carbocycles. The van der Waals surface area contributed by atoms with E-state index in [-0.39, 0.29) is 0 Å². The van der Waals surface area contributed by atoms with Crippen molar-refractivity contribution >= 4 is 32.6 Å². The fourth-order valence-electron chi connectivity index (χ4n) is 8.20. The van der Waals surface area contributed by atoms with E-state index in [9.17, 15) is 0 Å². The minimum absolute atomic E-state index is 0.580. The van der Waals surface area contributed by atoms with Crippen molar-refractivity contribution in [2.24, 2.45) is 0 Å². The topological polar surface area (TPSA) is 14.2 Å². The van der Waals surface area contributed by atoms with Gasteiger partial charge in [0.05, 0.1) is 22.1 Å². The van der Waals surface area contributed by atoms with Gasteiger partial charge in [-0.15, -0.1) is 0 Å². The first-order valence-electron chi connectivity index (χ1n) is 16.9. The Balaban J connectivity index is 1.27. The summed E-state index contributed by atoms with van der Waals surface area (Å²) in [6.45, 7) is 0. The molecule has 1 aliphatic heterocycles. The van der Waals surface area contributed by atoms with Crippen LogP contribution in [-0.2, 0) is 5.41 Å². The summed E-state index contributed by atoms with van der Waals surface area (Å²) in [6, 6.07) is 67.9. The monoisotopic (exact) mass is 625 g/mol. The predicted octanol–water partition coefficient (Wildman–Crippen LogP) is 12.1. The molecule has 0 saturated carbocycles. The van der Waals surface area contributed by atoms with Gasteiger partial charge in [0.1, 0.15) is 11.5 Å². The highest BCUT2D eigenvalue weighted by Crippen LogP contribution is 2.56. The van der Waals surface area contributed by atoms with Crippen LogP contribution in [0.1, 0.15) is 22.3 Å². The number of fused-ring (bicyclic) bond motifs is 6. The Morgan fingerprint density at radius 3 is 1.82 bits per heavy atom. The van der Waals surface area contributed by atoms with Gasteiger partial charge in [0.25, 0.3) is 0 Å². The van der Waals surface area contributed by atoms with E-state index < -0.39 is 5.41 Å². The van der Waals surface area contributed by atoms with Crippen molar-refractivity contribution < 1.29 is 4.74 Å². The fraction of sp³-hybridized carbons (Fsp3) is 0.0213. The Hall–Kier alpha value is -6.38. The van der Waals surface area contributed by atoms with Crippen LogP contribution in [0.4, 0.5) is 0 Å². The first-order chi connectivity index (χ1) is 24.3. The molecule has 230 valence electrons. The summed E-state index contributed by atoms with van der Waals surface area (Å²) in [5.41, 5.74) is 9.94. The van der Waals surface area contributed by atoms with Gasteiger partial charge in [-0.3, -0.25) is 0 Å². The van der Waals surface area contributed by atoms with E-state index in [1.54, 1.807) is 0 Å². The minimum Gasteiger partial charge on any atom is -0.457 e. The average Bonchev–Trinajstić information content (AvgIpc) is 3.49. The smallest absolute Gasteiger partial charge is 0.132 e. The minimum atomic E-state index is -0.580. The van der Waals surface area contributed by atoms with Crippen LogP contribution >= 0.6 is 0 Å². The van der Waals surface area contributed by atoms with Crippen molar-refractivity contribution in [1.29, 1.82) is 0 Å². The van der Waals surface area contributed by atoms with Gasteiger partial charge in [-0.05, 0) is 69.9 Å². The number of hydrogen-bond donors (Lipinski definition) is 0. The molecule has 10 rings (SSSR count). The summed E-state index contributed by atoms with van der Waals surface area (Å²) in [5, 5.41) is 4.99. The molecule has 2 nitrogen and oxygen atoms in total. The molecule has 9 aromatic rings. The zero-order chi connectivity index (χ0) is 32.4. The maximum Gasteiger partial charge on any atom is 0.132 e. The quantitative estimate of drug-likeness (QED) is 0.190. The Kier molecular flexibility index (Phi) is 6.13. The summed E-state index contributed by atoms with van der Waals surface area (Å²) >= 11 is 0. The Morgan fingerprint density at radius 1 is 0.408 bits per heavy atom. The molecule has 2 heterocycles. The molecular formula is C47H31NO. The maximum atomic E-state index is 6.72. The highest BCUT2D eigenvalue weighted by molar-refractivity contribution is 6.14. The molecule has 1 aliphatic rings. The van der Waals surface area contributed by atoms with E-state index in [1.165, 1.54) is 43.7 Å². The van der Waals surface area contributed by atoms with E-state index >= 15 is 0 Å². The summed E-state index contributed by atoms with van der Waals surface area (Å²) < 4.78 is 9.16. The molecule has 0 saturated heterocycles. The van der Waals surface area contributed by atoms with Gasteiger partial charge in [-0.25, -0.2) is 0 Å². The molecule has 8 aromatic carbocycles. The van der Waals surface area contributed by atoms with Crippen molar-refractivity contribution in [3.63, 3.8) is 0 Å². The second-order valence-corrected chi connectivity index (χ2v) is 12.9. The first-order valence-corrected chi connectivity index (χ1v) is 16.9. The van der Waals surface area contributed by atoms with Crippen molar-refractivity contribution in [2.75, 3.05) is 0 Å². The lowest BCUT2D eigenvalue weighted by Crippen LogP contribution is -2.34. The molecule has 0 bridgehead atoms. The lowest BCUT2D eigenvalue weighted by Gasteiger charge is -2.41. The molecule has 49 heavy (non-hydrogen) atoms. The number of benzene rings is 8. The molecule has 0 fully saturated rings. The highest BCUT2D eigenvalue weighted by Gasteiger charge is 2.45. The van der Waals surface area contributed by atoms with Crippen LogP contribution in [0.15, 0.2) is 188 Å². The van der Waals surface area contributed by atoms with Crippen LogP contribution in [0, 0.1) is 0 Å². The second kappa shape index (κ2) is 10.8. The average molecular weight is 626 g/mol. The van der Waals surface area contributed by atoms with E-state index in [1.807, 2.05) is 0 Å². The summed E-state index contributed by atoms with van der Waals surface area (Å²) in [7, 11) is 0. The van der Waals surface area contributed by atoms with Crippen LogP contribution in [0.2, 0.25) is 0 Å². The number of rotatable bonds is 4. The Bertz CT molecular complexity index is 2650. The molecule has 0 amide bonds. The van der Waals surface area contributed by atoms with Crippen molar-refractivity contribution in [3.05, 3.63) is 210 Å². The van der Waals surface area contributed by atoms with Gasteiger partial charge in [0.15, 0.2) is 0 Å². The van der Waals surface area contributed by atoms with Gasteiger partial charge in [0.2, 0.25) is 0 Å². The Labute approximate surface area is 285 Å². The SMILES string of the molecule is c1ccc(C2(c3ccccc3)c3ccccc3Oc3ccc(-c4ccccc4-n4c5ccccc5c5cc6ccccc6cc54)cc32)cc1. The zero-order valence-corrected chi connectivity index (χ0v) is 26.8. The predicted molar refractivity (Wildman–Crippen MR) is 202 cm³/mol. The lowest BCUT2D eigenvalue weighted by atomic mass is 9.63. The maximum absolute atomic E-state index is 6.72. The van der Waals surface area contributed by atoms with Crippen LogP contribution < -0.4 is 4.74 Å². The van der Waals surface area contributed by atoms with E-state index in [0.717, 1.165) is 39.4 Å². The fourth-order valence-corrected chi connectivity index (χ4v) is 8.20. The normalized spacial score (nSPS) is 13.2. The van der Waals surface area contributed by atoms with E-state index in [4.69, 9.17) is 4.74 Å². The van der Waals surface area contributed by atoms with Crippen LogP contribution in [0.25, 0.3) is 49.4 Å². The van der Waals surface area contributed by atoms with Gasteiger partial charge in [-0.1, -0.05) is 146 Å².